The van der Waals surface area contributed by atoms with E-state index < -0.39 is 5.69 Å². The SMILES string of the molecule is Cc1cc(SCC(=O)c2ccc(Br)cc2)nc(=O)[nH]1. The fraction of sp³-hybridized carbons (Fsp3) is 0.154. The summed E-state index contributed by atoms with van der Waals surface area (Å²) in [6, 6.07) is 8.94. The molecule has 2 rings (SSSR count). The topological polar surface area (TPSA) is 62.8 Å². The number of halogens is 1. The van der Waals surface area contributed by atoms with Gasteiger partial charge in [-0.25, -0.2) is 4.79 Å². The van der Waals surface area contributed by atoms with Crippen LogP contribution in [0.15, 0.2) is 44.6 Å². The van der Waals surface area contributed by atoms with E-state index >= 15 is 0 Å². The molecule has 0 spiro atoms. The second-order valence-corrected chi connectivity index (χ2v) is 5.84. The quantitative estimate of drug-likeness (QED) is 0.529. The number of Topliss-reactive ketones (excluding diaryl/α,β-unsaturated/α-hetero) is 1. The van der Waals surface area contributed by atoms with Gasteiger partial charge in [0.25, 0.3) is 0 Å². The van der Waals surface area contributed by atoms with Crippen LogP contribution in [0.5, 0.6) is 0 Å². The van der Waals surface area contributed by atoms with Crippen molar-refractivity contribution >= 4 is 33.5 Å². The van der Waals surface area contributed by atoms with Crippen molar-refractivity contribution in [1.29, 1.82) is 0 Å². The maximum Gasteiger partial charge on any atom is 0.346 e. The van der Waals surface area contributed by atoms with Crippen LogP contribution in [0.1, 0.15) is 16.1 Å². The third-order valence-electron chi connectivity index (χ3n) is 2.37. The zero-order valence-corrected chi connectivity index (χ0v) is 12.5. The van der Waals surface area contributed by atoms with Crippen LogP contribution in [0, 0.1) is 6.92 Å². The van der Waals surface area contributed by atoms with Crippen LogP contribution in [-0.4, -0.2) is 21.5 Å². The van der Waals surface area contributed by atoms with Gasteiger partial charge in [-0.3, -0.25) is 4.79 Å². The number of hydrogen-bond donors (Lipinski definition) is 1. The van der Waals surface area contributed by atoms with Crippen LogP contribution in [0.2, 0.25) is 0 Å². The molecule has 0 saturated carbocycles. The lowest BCUT2D eigenvalue weighted by atomic mass is 10.2. The molecule has 2 aromatic rings. The van der Waals surface area contributed by atoms with Crippen LogP contribution < -0.4 is 5.69 Å². The van der Waals surface area contributed by atoms with E-state index in [9.17, 15) is 9.59 Å². The van der Waals surface area contributed by atoms with Crippen molar-refractivity contribution < 1.29 is 4.79 Å². The Bertz CT molecular complexity index is 652. The first kappa shape index (κ1) is 14.0. The Morgan fingerprint density at radius 2 is 2.05 bits per heavy atom. The Balaban J connectivity index is 2.04. The molecule has 6 heteroatoms. The molecule has 98 valence electrons. The molecule has 0 aliphatic rings. The van der Waals surface area contributed by atoms with E-state index in [1.165, 1.54) is 11.8 Å². The fourth-order valence-electron chi connectivity index (χ4n) is 1.48. The third kappa shape index (κ3) is 4.04. The van der Waals surface area contributed by atoms with Crippen LogP contribution in [0.25, 0.3) is 0 Å². The summed E-state index contributed by atoms with van der Waals surface area (Å²) in [5, 5.41) is 0.562. The molecule has 0 amide bonds. The van der Waals surface area contributed by atoms with Crippen LogP contribution in [-0.2, 0) is 0 Å². The maximum absolute atomic E-state index is 11.9. The summed E-state index contributed by atoms with van der Waals surface area (Å²) < 4.78 is 0.934. The lowest BCUT2D eigenvalue weighted by Crippen LogP contribution is -2.12. The number of carbonyl (C=O) groups is 1. The average molecular weight is 339 g/mol. The van der Waals surface area contributed by atoms with Crippen molar-refractivity contribution in [3.63, 3.8) is 0 Å². The minimum atomic E-state index is -0.390. The van der Waals surface area contributed by atoms with Gasteiger partial charge < -0.3 is 4.98 Å². The van der Waals surface area contributed by atoms with Crippen molar-refractivity contribution in [3.05, 3.63) is 56.5 Å². The molecule has 0 unspecified atom stereocenters. The van der Waals surface area contributed by atoms with Gasteiger partial charge in [-0.1, -0.05) is 39.8 Å². The number of hydrogen-bond acceptors (Lipinski definition) is 4. The van der Waals surface area contributed by atoms with E-state index in [1.807, 2.05) is 12.1 Å². The molecule has 0 aliphatic carbocycles. The first-order valence-electron chi connectivity index (χ1n) is 5.54. The van der Waals surface area contributed by atoms with Gasteiger partial charge in [0.05, 0.1) is 5.75 Å². The van der Waals surface area contributed by atoms with Gasteiger partial charge in [0, 0.05) is 15.7 Å². The molecule has 0 aliphatic heterocycles. The van der Waals surface area contributed by atoms with Crippen molar-refractivity contribution in [3.8, 4) is 0 Å². The Morgan fingerprint density at radius 3 is 2.68 bits per heavy atom. The summed E-state index contributed by atoms with van der Waals surface area (Å²) in [6.07, 6.45) is 0. The number of H-pyrrole nitrogens is 1. The second kappa shape index (κ2) is 6.16. The first-order chi connectivity index (χ1) is 9.04. The summed E-state index contributed by atoms with van der Waals surface area (Å²) in [6.45, 7) is 1.78. The lowest BCUT2D eigenvalue weighted by Gasteiger charge is -2.02. The Morgan fingerprint density at radius 1 is 1.37 bits per heavy atom. The monoisotopic (exact) mass is 338 g/mol. The predicted octanol–water partition coefficient (Wildman–Crippen LogP) is 2.82. The van der Waals surface area contributed by atoms with Gasteiger partial charge >= 0.3 is 5.69 Å². The summed E-state index contributed by atoms with van der Waals surface area (Å²) in [7, 11) is 0. The van der Waals surface area contributed by atoms with Crippen LogP contribution in [0.3, 0.4) is 0 Å². The normalized spacial score (nSPS) is 10.4. The Hall–Kier alpha value is -1.40. The summed E-state index contributed by atoms with van der Waals surface area (Å²) in [4.78, 5) is 29.5. The smallest absolute Gasteiger partial charge is 0.310 e. The minimum Gasteiger partial charge on any atom is -0.310 e. The molecule has 1 N–H and O–H groups in total. The number of benzene rings is 1. The lowest BCUT2D eigenvalue weighted by molar-refractivity contribution is 0.102. The predicted molar refractivity (Wildman–Crippen MR) is 78.8 cm³/mol. The van der Waals surface area contributed by atoms with Gasteiger partial charge in [0.15, 0.2) is 5.78 Å². The molecule has 0 radical (unpaired) electrons. The number of ketones is 1. The zero-order chi connectivity index (χ0) is 13.8. The highest BCUT2D eigenvalue weighted by atomic mass is 79.9. The highest BCUT2D eigenvalue weighted by Crippen LogP contribution is 2.17. The van der Waals surface area contributed by atoms with E-state index in [2.05, 4.69) is 25.9 Å². The second-order valence-electron chi connectivity index (χ2n) is 3.93. The summed E-state index contributed by atoms with van der Waals surface area (Å²) in [5.74, 6) is 0.273. The first-order valence-corrected chi connectivity index (χ1v) is 7.32. The number of nitrogens with zero attached hydrogens (tertiary/aromatic N) is 1. The maximum atomic E-state index is 11.9. The minimum absolute atomic E-state index is 0.0113. The van der Waals surface area contributed by atoms with Gasteiger partial charge in [-0.2, -0.15) is 4.98 Å². The highest BCUT2D eigenvalue weighted by Gasteiger charge is 2.07. The molecule has 0 bridgehead atoms. The Kier molecular flexibility index (Phi) is 4.55. The molecule has 1 heterocycles. The largest absolute Gasteiger partial charge is 0.346 e. The molecule has 0 fully saturated rings. The summed E-state index contributed by atoms with van der Waals surface area (Å²) in [5.41, 5.74) is 0.995. The fourth-order valence-corrected chi connectivity index (χ4v) is 2.60. The third-order valence-corrected chi connectivity index (χ3v) is 3.81. The van der Waals surface area contributed by atoms with Crippen molar-refractivity contribution in [2.75, 3.05) is 5.75 Å². The average Bonchev–Trinajstić information content (AvgIpc) is 2.36. The molecular formula is C13H11BrN2O2S. The van der Waals surface area contributed by atoms with E-state index in [1.54, 1.807) is 25.1 Å². The number of rotatable bonds is 4. The number of aryl methyl sites for hydroxylation is 1. The van der Waals surface area contributed by atoms with E-state index in [0.717, 1.165) is 10.2 Å². The summed E-state index contributed by atoms with van der Waals surface area (Å²) >= 11 is 4.59. The van der Waals surface area contributed by atoms with E-state index in [-0.39, 0.29) is 11.5 Å². The van der Waals surface area contributed by atoms with Crippen molar-refractivity contribution in [2.45, 2.75) is 11.9 Å². The number of aromatic nitrogens is 2. The van der Waals surface area contributed by atoms with Gasteiger partial charge in [0.2, 0.25) is 0 Å². The van der Waals surface area contributed by atoms with Gasteiger partial charge in [0.1, 0.15) is 5.03 Å². The zero-order valence-electron chi connectivity index (χ0n) is 10.1. The van der Waals surface area contributed by atoms with Gasteiger partial charge in [-0.15, -0.1) is 0 Å². The molecule has 0 saturated heterocycles. The molecular weight excluding hydrogens is 328 g/mol. The highest BCUT2D eigenvalue weighted by molar-refractivity contribution is 9.10. The number of nitrogens with one attached hydrogen (secondary N) is 1. The van der Waals surface area contributed by atoms with Crippen LogP contribution >= 0.6 is 27.7 Å². The van der Waals surface area contributed by atoms with Crippen molar-refractivity contribution in [2.24, 2.45) is 0 Å². The molecule has 19 heavy (non-hydrogen) atoms. The van der Waals surface area contributed by atoms with Gasteiger partial charge in [-0.05, 0) is 25.1 Å². The molecule has 4 nitrogen and oxygen atoms in total. The van der Waals surface area contributed by atoms with Crippen molar-refractivity contribution in [1.82, 2.24) is 9.97 Å². The number of carbonyl (C=O) groups excluding carboxylic acids is 1. The van der Waals surface area contributed by atoms with E-state index in [4.69, 9.17) is 0 Å². The van der Waals surface area contributed by atoms with E-state index in [0.29, 0.717) is 10.6 Å². The molecule has 0 atom stereocenters. The standard InChI is InChI=1S/C13H11BrN2O2S/c1-8-6-12(16-13(18)15-8)19-7-11(17)9-2-4-10(14)5-3-9/h2-6H,7H2,1H3,(H,15,16,18). The van der Waals surface area contributed by atoms with Crippen LogP contribution in [0.4, 0.5) is 0 Å². The Labute approximate surface area is 122 Å². The molecule has 1 aromatic heterocycles. The molecule has 1 aromatic carbocycles. The number of thioether (sulfide) groups is 1. The number of aromatic amines is 1.